The Labute approximate surface area is 72.1 Å². The van der Waals surface area contributed by atoms with Gasteiger partial charge in [0, 0.05) is 32.8 Å². The van der Waals surface area contributed by atoms with Gasteiger partial charge in [0.25, 0.3) is 0 Å². The summed E-state index contributed by atoms with van der Waals surface area (Å²) in [4.78, 5) is 11.6. The van der Waals surface area contributed by atoms with Crippen LogP contribution in [-0.2, 0) is 4.79 Å². The fraction of sp³-hybridized carbons (Fsp3) is 0.833. The molecule has 0 aromatic rings. The normalized spacial score (nSPS) is 7.70. The summed E-state index contributed by atoms with van der Waals surface area (Å²) < 4.78 is 0. The van der Waals surface area contributed by atoms with Gasteiger partial charge in [-0.3, -0.25) is 4.79 Å². The molecule has 0 heterocycles. The summed E-state index contributed by atoms with van der Waals surface area (Å²) >= 11 is 10.1. The highest BCUT2D eigenvalue weighted by atomic mass is 35.5. The van der Waals surface area contributed by atoms with Gasteiger partial charge in [0.15, 0.2) is 0 Å². The van der Waals surface area contributed by atoms with Crippen LogP contribution in [0, 0.1) is 0 Å². The highest BCUT2D eigenvalue weighted by Gasteiger charge is 1.87. The van der Waals surface area contributed by atoms with Gasteiger partial charge < -0.3 is 4.90 Å². The van der Waals surface area contributed by atoms with E-state index in [1.807, 2.05) is 0 Å². The summed E-state index contributed by atoms with van der Waals surface area (Å²) in [7, 11) is 3.45. The van der Waals surface area contributed by atoms with E-state index in [4.69, 9.17) is 23.2 Å². The van der Waals surface area contributed by atoms with E-state index in [0.717, 1.165) is 0 Å². The molecule has 0 aromatic carbocycles. The molecule has 0 fully saturated rings. The molecule has 0 rings (SSSR count). The van der Waals surface area contributed by atoms with E-state index in [-0.39, 0.29) is 5.91 Å². The topological polar surface area (TPSA) is 20.3 Å². The number of carbonyl (C=O) groups excluding carboxylic acids is 1. The molecular weight excluding hydrogens is 173 g/mol. The van der Waals surface area contributed by atoms with Gasteiger partial charge in [-0.05, 0) is 0 Å². The lowest BCUT2D eigenvalue weighted by Gasteiger charge is -2.02. The van der Waals surface area contributed by atoms with E-state index in [1.54, 1.807) is 14.1 Å². The smallest absolute Gasteiger partial charge is 0.218 e. The Morgan fingerprint density at radius 1 is 1.30 bits per heavy atom. The molecule has 1 amide bonds. The molecule has 0 unspecified atom stereocenters. The zero-order valence-electron chi connectivity index (χ0n) is 6.53. The second-order valence-corrected chi connectivity index (χ2v) is 2.55. The largest absolute Gasteiger partial charge is 0.349 e. The molecule has 0 radical (unpaired) electrons. The van der Waals surface area contributed by atoms with Crippen LogP contribution in [0.3, 0.4) is 0 Å². The van der Waals surface area contributed by atoms with Crippen LogP contribution >= 0.6 is 23.2 Å². The fourth-order valence-corrected chi connectivity index (χ4v) is 0. The number of amides is 1. The van der Waals surface area contributed by atoms with E-state index in [2.05, 4.69) is 0 Å². The van der Waals surface area contributed by atoms with Gasteiger partial charge in [0.1, 0.15) is 0 Å². The van der Waals surface area contributed by atoms with Crippen molar-refractivity contribution in [2.24, 2.45) is 0 Å². The van der Waals surface area contributed by atoms with Crippen LogP contribution in [0.15, 0.2) is 0 Å². The van der Waals surface area contributed by atoms with E-state index in [0.29, 0.717) is 11.8 Å². The first-order valence-corrected chi connectivity index (χ1v) is 3.93. The van der Waals surface area contributed by atoms with Crippen LogP contribution in [0.25, 0.3) is 0 Å². The number of nitrogens with zero attached hydrogens (tertiary/aromatic N) is 1. The van der Waals surface area contributed by atoms with Crippen LogP contribution in [0.2, 0.25) is 0 Å². The zero-order valence-corrected chi connectivity index (χ0v) is 8.04. The predicted octanol–water partition coefficient (Wildman–Crippen LogP) is 1.56. The quantitative estimate of drug-likeness (QED) is 0.569. The second kappa shape index (κ2) is 9.05. The summed E-state index contributed by atoms with van der Waals surface area (Å²) in [6, 6.07) is 0. The fourth-order valence-electron chi connectivity index (χ4n) is 0. The minimum atomic E-state index is 0.0926. The SMILES string of the molecule is CC(=O)N(C)C.ClCCCl. The lowest BCUT2D eigenvalue weighted by Crippen LogP contribution is -2.17. The van der Waals surface area contributed by atoms with Gasteiger partial charge in [-0.25, -0.2) is 0 Å². The Morgan fingerprint density at radius 3 is 1.50 bits per heavy atom. The van der Waals surface area contributed by atoms with Crippen molar-refractivity contribution in [3.05, 3.63) is 0 Å². The zero-order chi connectivity index (χ0) is 8.57. The molecule has 0 spiro atoms. The molecule has 0 atom stereocenters. The van der Waals surface area contributed by atoms with E-state index in [1.165, 1.54) is 11.8 Å². The molecule has 0 aromatic heterocycles. The van der Waals surface area contributed by atoms with Crippen LogP contribution in [0.5, 0.6) is 0 Å². The number of alkyl halides is 2. The molecule has 0 saturated heterocycles. The summed E-state index contributed by atoms with van der Waals surface area (Å²) in [6.45, 7) is 1.53. The molecule has 0 saturated carbocycles. The summed E-state index contributed by atoms with van der Waals surface area (Å²) in [6.07, 6.45) is 0. The molecule has 2 nitrogen and oxygen atoms in total. The second-order valence-electron chi connectivity index (χ2n) is 1.79. The summed E-state index contributed by atoms with van der Waals surface area (Å²) in [5.41, 5.74) is 0. The maximum absolute atomic E-state index is 10.1. The highest BCUT2D eigenvalue weighted by Crippen LogP contribution is 1.75. The van der Waals surface area contributed by atoms with Crippen LogP contribution in [-0.4, -0.2) is 36.7 Å². The van der Waals surface area contributed by atoms with Crippen molar-refractivity contribution >= 4 is 29.1 Å². The lowest BCUT2D eigenvalue weighted by atomic mass is 10.7. The first-order valence-electron chi connectivity index (χ1n) is 2.86. The minimum absolute atomic E-state index is 0.0926. The van der Waals surface area contributed by atoms with Crippen molar-refractivity contribution < 1.29 is 4.79 Å². The molecular formula is C6H13Cl2NO. The third-order valence-electron chi connectivity index (χ3n) is 0.701. The summed E-state index contributed by atoms with van der Waals surface area (Å²) in [5.74, 6) is 1.21. The average Bonchev–Trinajstić information content (AvgIpc) is 1.89. The van der Waals surface area contributed by atoms with Gasteiger partial charge in [0.05, 0.1) is 0 Å². The number of hydrogen-bond acceptors (Lipinski definition) is 1. The van der Waals surface area contributed by atoms with Crippen LogP contribution in [0.4, 0.5) is 0 Å². The van der Waals surface area contributed by atoms with Gasteiger partial charge in [-0.1, -0.05) is 0 Å². The Balaban J connectivity index is 0. The van der Waals surface area contributed by atoms with E-state index < -0.39 is 0 Å². The van der Waals surface area contributed by atoms with Crippen LogP contribution < -0.4 is 0 Å². The molecule has 0 bridgehead atoms. The van der Waals surface area contributed by atoms with Crippen LogP contribution in [0.1, 0.15) is 6.92 Å². The first-order chi connectivity index (χ1) is 4.56. The Morgan fingerprint density at radius 2 is 1.50 bits per heavy atom. The van der Waals surface area contributed by atoms with E-state index >= 15 is 0 Å². The highest BCUT2D eigenvalue weighted by molar-refractivity contribution is 6.25. The van der Waals surface area contributed by atoms with Crippen molar-refractivity contribution in [3.63, 3.8) is 0 Å². The monoisotopic (exact) mass is 185 g/mol. The molecule has 62 valence electrons. The van der Waals surface area contributed by atoms with Crippen molar-refractivity contribution in [1.82, 2.24) is 4.90 Å². The van der Waals surface area contributed by atoms with Gasteiger partial charge in [-0.2, -0.15) is 0 Å². The van der Waals surface area contributed by atoms with Gasteiger partial charge >= 0.3 is 0 Å². The van der Waals surface area contributed by atoms with Gasteiger partial charge in [-0.15, -0.1) is 23.2 Å². The average molecular weight is 186 g/mol. The number of hydrogen-bond donors (Lipinski definition) is 0. The van der Waals surface area contributed by atoms with Gasteiger partial charge in [0.2, 0.25) is 5.91 Å². The predicted molar refractivity (Wildman–Crippen MR) is 45.8 cm³/mol. The molecule has 0 aliphatic rings. The Kier molecular flexibility index (Phi) is 11.5. The number of rotatable bonds is 1. The Hall–Kier alpha value is 0.0500. The van der Waals surface area contributed by atoms with Crippen molar-refractivity contribution in [2.75, 3.05) is 25.9 Å². The van der Waals surface area contributed by atoms with Crippen molar-refractivity contribution in [3.8, 4) is 0 Å². The molecule has 0 N–H and O–H groups in total. The standard InChI is InChI=1S/C4H9NO.C2H4Cl2/c1-4(6)5(2)3;3-1-2-4/h1-3H3;1-2H2. The van der Waals surface area contributed by atoms with Crippen molar-refractivity contribution in [2.45, 2.75) is 6.92 Å². The maximum atomic E-state index is 10.1. The third kappa shape index (κ3) is 15.7. The minimum Gasteiger partial charge on any atom is -0.349 e. The number of carbonyl (C=O) groups is 1. The van der Waals surface area contributed by atoms with Crippen molar-refractivity contribution in [1.29, 1.82) is 0 Å². The maximum Gasteiger partial charge on any atom is 0.218 e. The molecule has 4 heteroatoms. The molecule has 0 aliphatic carbocycles. The first kappa shape index (κ1) is 12.7. The molecule has 0 aliphatic heterocycles. The Bertz CT molecular complexity index is 83.8. The van der Waals surface area contributed by atoms with E-state index in [9.17, 15) is 4.79 Å². The molecule has 10 heavy (non-hydrogen) atoms. The lowest BCUT2D eigenvalue weighted by molar-refractivity contribution is -0.126. The summed E-state index contributed by atoms with van der Waals surface area (Å²) in [5, 5.41) is 0. The third-order valence-corrected chi connectivity index (χ3v) is 1.27. The number of halogens is 2.